The summed E-state index contributed by atoms with van der Waals surface area (Å²) < 4.78 is 0. The van der Waals surface area contributed by atoms with Gasteiger partial charge in [-0.3, -0.25) is 0 Å². The van der Waals surface area contributed by atoms with Gasteiger partial charge in [-0.15, -0.1) is 0 Å². The van der Waals surface area contributed by atoms with E-state index >= 15 is 0 Å². The molecule has 0 heterocycles. The quantitative estimate of drug-likeness (QED) is 0.490. The van der Waals surface area contributed by atoms with Gasteiger partial charge in [-0.1, -0.05) is 23.3 Å². The number of hydrogen-bond acceptors (Lipinski definition) is 0. The third kappa shape index (κ3) is 0.439. The largest absolute Gasteiger partial charge is 0.0841 e. The molecule has 0 N–H and O–H groups in total. The minimum absolute atomic E-state index is 1.10. The highest BCUT2D eigenvalue weighted by molar-refractivity contribution is 5.46. The van der Waals surface area contributed by atoms with Gasteiger partial charge in [0, 0.05) is 0 Å². The van der Waals surface area contributed by atoms with Crippen LogP contribution in [0.3, 0.4) is 0 Å². The minimum Gasteiger partial charge on any atom is -0.0841 e. The molecular formula is C13H14. The molecule has 6 aliphatic rings. The van der Waals surface area contributed by atoms with Crippen LogP contribution in [0.25, 0.3) is 0 Å². The molecule has 6 bridgehead atoms. The summed E-state index contributed by atoms with van der Waals surface area (Å²) in [5.74, 6) is 6.93. The summed E-state index contributed by atoms with van der Waals surface area (Å²) in [6.45, 7) is 0. The fourth-order valence-electron chi connectivity index (χ4n) is 5.52. The predicted molar refractivity (Wildman–Crippen MR) is 51.0 cm³/mol. The summed E-state index contributed by atoms with van der Waals surface area (Å²) in [7, 11) is 0. The average molecular weight is 170 g/mol. The molecule has 66 valence electrons. The van der Waals surface area contributed by atoms with E-state index in [0.717, 1.165) is 17.8 Å². The van der Waals surface area contributed by atoms with E-state index in [0.29, 0.717) is 0 Å². The van der Waals surface area contributed by atoms with Crippen molar-refractivity contribution in [2.24, 2.45) is 35.5 Å². The fourth-order valence-corrected chi connectivity index (χ4v) is 5.52. The number of allylic oxidation sites excluding steroid dienone is 4. The summed E-state index contributed by atoms with van der Waals surface area (Å²) >= 11 is 0. The van der Waals surface area contributed by atoms with E-state index in [1.54, 1.807) is 6.42 Å². The Bertz CT molecular complexity index is 341. The lowest BCUT2D eigenvalue weighted by Crippen LogP contribution is -2.07. The Morgan fingerprint density at radius 2 is 1.46 bits per heavy atom. The Balaban J connectivity index is 1.75. The van der Waals surface area contributed by atoms with Gasteiger partial charge in [-0.2, -0.15) is 0 Å². The molecule has 0 spiro atoms. The third-order valence-electron chi connectivity index (χ3n) is 5.65. The van der Waals surface area contributed by atoms with Crippen LogP contribution in [0.1, 0.15) is 19.3 Å². The van der Waals surface area contributed by atoms with Crippen molar-refractivity contribution >= 4 is 0 Å². The molecule has 13 heavy (non-hydrogen) atoms. The molecule has 0 aliphatic heterocycles. The fraction of sp³-hybridized carbons (Fsp3) is 0.692. The molecule has 4 fully saturated rings. The molecule has 4 unspecified atom stereocenters. The molecule has 0 amide bonds. The van der Waals surface area contributed by atoms with E-state index in [9.17, 15) is 0 Å². The highest BCUT2D eigenvalue weighted by Gasteiger charge is 2.76. The van der Waals surface area contributed by atoms with Crippen molar-refractivity contribution in [3.05, 3.63) is 23.3 Å². The maximum atomic E-state index is 2.41. The summed E-state index contributed by atoms with van der Waals surface area (Å²) in [6.07, 6.45) is 9.08. The van der Waals surface area contributed by atoms with Crippen LogP contribution < -0.4 is 0 Å². The van der Waals surface area contributed by atoms with Gasteiger partial charge in [-0.05, 0) is 54.8 Å². The van der Waals surface area contributed by atoms with E-state index < -0.39 is 0 Å². The summed E-state index contributed by atoms with van der Waals surface area (Å²) in [5, 5.41) is 0. The first-order valence-corrected chi connectivity index (χ1v) is 5.83. The smallest absolute Gasteiger partial charge is 0.0129 e. The molecule has 0 nitrogen and oxygen atoms in total. The van der Waals surface area contributed by atoms with Crippen molar-refractivity contribution in [1.82, 2.24) is 0 Å². The topological polar surface area (TPSA) is 0 Å². The van der Waals surface area contributed by atoms with Gasteiger partial charge in [0.15, 0.2) is 0 Å². The Morgan fingerprint density at radius 3 is 2.00 bits per heavy atom. The number of hydrogen-bond donors (Lipinski definition) is 0. The van der Waals surface area contributed by atoms with Gasteiger partial charge in [0.2, 0.25) is 0 Å². The van der Waals surface area contributed by atoms with E-state index in [2.05, 4.69) is 12.2 Å². The second-order valence-electron chi connectivity index (χ2n) is 5.70. The van der Waals surface area contributed by atoms with Gasteiger partial charge in [0.1, 0.15) is 0 Å². The molecular weight excluding hydrogens is 156 g/mol. The molecule has 0 aromatic carbocycles. The normalized spacial score (nSPS) is 63.4. The van der Waals surface area contributed by atoms with Crippen molar-refractivity contribution in [2.75, 3.05) is 0 Å². The van der Waals surface area contributed by atoms with Crippen LogP contribution in [0.4, 0.5) is 0 Å². The highest BCUT2D eigenvalue weighted by Crippen LogP contribution is 2.82. The summed E-state index contributed by atoms with van der Waals surface area (Å²) in [4.78, 5) is 0. The first kappa shape index (κ1) is 6.06. The van der Waals surface area contributed by atoms with Crippen molar-refractivity contribution in [1.29, 1.82) is 0 Å². The standard InChI is InChI=1S/C13H14/c1-2-4-7-6(3-1)10-8-5-9-12(10)13(9)11(7)8/h1-2,8-13H,3-5H2. The molecule has 0 saturated heterocycles. The van der Waals surface area contributed by atoms with Gasteiger partial charge >= 0.3 is 0 Å². The van der Waals surface area contributed by atoms with E-state index in [-0.39, 0.29) is 0 Å². The summed E-state index contributed by atoms with van der Waals surface area (Å²) in [6, 6.07) is 0. The SMILES string of the molecule is C1=CCC2=C(C1)C1C3CC4C1C4C23. The Hall–Kier alpha value is -0.520. The molecule has 4 atom stereocenters. The maximum absolute atomic E-state index is 2.41. The van der Waals surface area contributed by atoms with E-state index in [1.807, 2.05) is 11.1 Å². The van der Waals surface area contributed by atoms with Crippen molar-refractivity contribution in [3.8, 4) is 0 Å². The molecule has 6 rings (SSSR count). The zero-order valence-electron chi connectivity index (χ0n) is 7.74. The van der Waals surface area contributed by atoms with E-state index in [4.69, 9.17) is 0 Å². The van der Waals surface area contributed by atoms with Crippen LogP contribution in [-0.2, 0) is 0 Å². The van der Waals surface area contributed by atoms with Gasteiger partial charge in [-0.25, -0.2) is 0 Å². The zero-order valence-corrected chi connectivity index (χ0v) is 7.74. The lowest BCUT2D eigenvalue weighted by atomic mass is 9.85. The summed E-state index contributed by atoms with van der Waals surface area (Å²) in [5.41, 5.74) is 3.83. The van der Waals surface area contributed by atoms with Crippen molar-refractivity contribution in [3.63, 3.8) is 0 Å². The van der Waals surface area contributed by atoms with Crippen molar-refractivity contribution < 1.29 is 0 Å². The third-order valence-corrected chi connectivity index (χ3v) is 5.65. The predicted octanol–water partition coefficient (Wildman–Crippen LogP) is 2.77. The molecule has 4 saturated carbocycles. The van der Waals surface area contributed by atoms with Crippen LogP contribution in [-0.4, -0.2) is 0 Å². The molecule has 0 radical (unpaired) electrons. The number of rotatable bonds is 0. The second-order valence-corrected chi connectivity index (χ2v) is 5.70. The lowest BCUT2D eigenvalue weighted by molar-refractivity contribution is 0.451. The van der Waals surface area contributed by atoms with Gasteiger partial charge in [0.25, 0.3) is 0 Å². The van der Waals surface area contributed by atoms with Crippen LogP contribution >= 0.6 is 0 Å². The van der Waals surface area contributed by atoms with Crippen LogP contribution in [0, 0.1) is 35.5 Å². The highest BCUT2D eigenvalue weighted by atomic mass is 14.8. The first-order valence-electron chi connectivity index (χ1n) is 5.83. The lowest BCUT2D eigenvalue weighted by Gasteiger charge is -2.20. The molecule has 0 aromatic rings. The molecule has 6 aliphatic carbocycles. The zero-order chi connectivity index (χ0) is 8.15. The maximum Gasteiger partial charge on any atom is -0.0129 e. The molecule has 0 heteroatoms. The van der Waals surface area contributed by atoms with Crippen LogP contribution in [0.5, 0.6) is 0 Å². The second kappa shape index (κ2) is 1.55. The Morgan fingerprint density at radius 1 is 0.846 bits per heavy atom. The monoisotopic (exact) mass is 170 g/mol. The van der Waals surface area contributed by atoms with Crippen molar-refractivity contribution in [2.45, 2.75) is 19.3 Å². The van der Waals surface area contributed by atoms with Crippen LogP contribution in [0.2, 0.25) is 0 Å². The Labute approximate surface area is 78.7 Å². The van der Waals surface area contributed by atoms with E-state index in [1.165, 1.54) is 30.6 Å². The van der Waals surface area contributed by atoms with Gasteiger partial charge < -0.3 is 0 Å². The Kier molecular flexibility index (Phi) is 0.724. The molecule has 0 aromatic heterocycles. The first-order chi connectivity index (χ1) is 6.47. The minimum atomic E-state index is 1.10. The van der Waals surface area contributed by atoms with Crippen LogP contribution in [0.15, 0.2) is 23.3 Å². The average Bonchev–Trinajstić information content (AvgIpc) is 2.62. The van der Waals surface area contributed by atoms with Gasteiger partial charge in [0.05, 0.1) is 0 Å².